The van der Waals surface area contributed by atoms with E-state index in [-0.39, 0.29) is 17.6 Å². The molecule has 1 atom stereocenters. The van der Waals surface area contributed by atoms with Gasteiger partial charge in [-0.1, -0.05) is 0 Å². The number of hydrogen-bond acceptors (Lipinski definition) is 4. The molecule has 1 unspecified atom stereocenters. The van der Waals surface area contributed by atoms with Crippen molar-refractivity contribution in [2.75, 3.05) is 46.4 Å². The normalized spacial score (nSPS) is 22.4. The number of ether oxygens (including phenoxy) is 1. The Hall–Kier alpha value is -1.66. The molecule has 2 aliphatic heterocycles. The van der Waals surface area contributed by atoms with Crippen molar-refractivity contribution in [2.24, 2.45) is 5.92 Å². The lowest BCUT2D eigenvalue weighted by atomic mass is 9.98. The Balaban J connectivity index is 1.53. The maximum Gasteiger partial charge on any atom is 0.227 e. The first-order valence-corrected chi connectivity index (χ1v) is 8.71. The molecule has 3 rings (SSSR count). The first-order valence-electron chi connectivity index (χ1n) is 8.71. The van der Waals surface area contributed by atoms with Crippen molar-refractivity contribution in [2.45, 2.75) is 19.4 Å². The fourth-order valence-electron chi connectivity index (χ4n) is 3.56. The monoisotopic (exact) mass is 335 g/mol. The molecule has 2 saturated heterocycles. The van der Waals surface area contributed by atoms with Crippen LogP contribution in [0.2, 0.25) is 0 Å². The maximum atomic E-state index is 13.5. The molecule has 1 amide bonds. The van der Waals surface area contributed by atoms with E-state index in [1.165, 1.54) is 12.1 Å². The van der Waals surface area contributed by atoms with Crippen molar-refractivity contribution in [3.63, 3.8) is 0 Å². The molecule has 2 fully saturated rings. The number of halogens is 1. The van der Waals surface area contributed by atoms with Gasteiger partial charge in [0.2, 0.25) is 5.91 Å². The zero-order chi connectivity index (χ0) is 16.9. The third-order valence-corrected chi connectivity index (χ3v) is 4.97. The molecule has 0 aliphatic carbocycles. The molecule has 1 N–H and O–H groups in total. The Kier molecular flexibility index (Phi) is 5.68. The molecular weight excluding hydrogens is 309 g/mol. The minimum Gasteiger partial charge on any atom is -0.496 e. The number of amides is 1. The molecular formula is C18H26FN3O2. The summed E-state index contributed by atoms with van der Waals surface area (Å²) in [7, 11) is 1.60. The average molecular weight is 335 g/mol. The summed E-state index contributed by atoms with van der Waals surface area (Å²) in [5.41, 5.74) is 0.855. The van der Waals surface area contributed by atoms with E-state index in [0.29, 0.717) is 12.3 Å². The van der Waals surface area contributed by atoms with Crippen molar-refractivity contribution >= 4 is 5.91 Å². The van der Waals surface area contributed by atoms with Crippen molar-refractivity contribution < 1.29 is 13.9 Å². The summed E-state index contributed by atoms with van der Waals surface area (Å²) in [4.78, 5) is 16.8. The highest BCUT2D eigenvalue weighted by Gasteiger charge is 2.28. The van der Waals surface area contributed by atoms with Crippen molar-refractivity contribution in [3.8, 4) is 5.75 Å². The van der Waals surface area contributed by atoms with Crippen LogP contribution < -0.4 is 10.1 Å². The molecule has 0 spiro atoms. The Morgan fingerprint density at radius 3 is 2.79 bits per heavy atom. The molecule has 2 heterocycles. The number of carbonyl (C=O) groups excluding carboxylic acids is 1. The van der Waals surface area contributed by atoms with Crippen molar-refractivity contribution in [3.05, 3.63) is 29.6 Å². The predicted molar refractivity (Wildman–Crippen MR) is 90.4 cm³/mol. The molecule has 5 nitrogen and oxygen atoms in total. The van der Waals surface area contributed by atoms with Crippen LogP contribution in [0.5, 0.6) is 5.75 Å². The topological polar surface area (TPSA) is 44.8 Å². The first kappa shape index (κ1) is 17.2. The Morgan fingerprint density at radius 2 is 2.12 bits per heavy atom. The highest BCUT2D eigenvalue weighted by atomic mass is 19.1. The van der Waals surface area contributed by atoms with Gasteiger partial charge in [0.1, 0.15) is 11.6 Å². The number of methoxy groups -OCH3 is 1. The summed E-state index contributed by atoms with van der Waals surface area (Å²) in [5, 5.41) is 3.31. The molecule has 132 valence electrons. The standard InChI is InChI=1S/C18H26FN3O2/c1-24-17-5-4-16(19)11-15(17)13-21-7-9-22(10-8-21)18(23)14-3-2-6-20-12-14/h4-5,11,14,20H,2-3,6-10,12-13H2,1H3. The predicted octanol–water partition coefficient (Wildman–Crippen LogP) is 1.48. The Labute approximate surface area is 142 Å². The van der Waals surface area contributed by atoms with Gasteiger partial charge in [-0.2, -0.15) is 0 Å². The summed E-state index contributed by atoms with van der Waals surface area (Å²) >= 11 is 0. The first-order chi connectivity index (χ1) is 11.7. The molecule has 1 aromatic rings. The molecule has 1 aromatic carbocycles. The third-order valence-electron chi connectivity index (χ3n) is 4.97. The van der Waals surface area contributed by atoms with E-state index in [4.69, 9.17) is 4.74 Å². The van der Waals surface area contributed by atoms with Gasteiger partial charge in [0.15, 0.2) is 0 Å². The van der Waals surface area contributed by atoms with E-state index in [1.807, 2.05) is 4.90 Å². The van der Waals surface area contributed by atoms with Gasteiger partial charge in [-0.3, -0.25) is 9.69 Å². The summed E-state index contributed by atoms with van der Waals surface area (Å²) in [6, 6.07) is 4.61. The molecule has 6 heteroatoms. The SMILES string of the molecule is COc1ccc(F)cc1CN1CCN(C(=O)C2CCCNC2)CC1. The smallest absolute Gasteiger partial charge is 0.227 e. The third kappa shape index (κ3) is 4.05. The Bertz CT molecular complexity index is 567. The highest BCUT2D eigenvalue weighted by Crippen LogP contribution is 2.22. The van der Waals surface area contributed by atoms with E-state index in [0.717, 1.165) is 57.7 Å². The van der Waals surface area contributed by atoms with Crippen molar-refractivity contribution in [1.29, 1.82) is 0 Å². The number of nitrogens with one attached hydrogen (secondary N) is 1. The molecule has 0 radical (unpaired) electrons. The fraction of sp³-hybridized carbons (Fsp3) is 0.611. The van der Waals surface area contributed by atoms with Crippen LogP contribution >= 0.6 is 0 Å². The molecule has 2 aliphatic rings. The largest absolute Gasteiger partial charge is 0.496 e. The van der Waals surface area contributed by atoms with E-state index >= 15 is 0 Å². The number of benzene rings is 1. The second-order valence-corrected chi connectivity index (χ2v) is 6.60. The molecule has 0 saturated carbocycles. The quantitative estimate of drug-likeness (QED) is 0.905. The molecule has 24 heavy (non-hydrogen) atoms. The van der Waals surface area contributed by atoms with Crippen molar-refractivity contribution in [1.82, 2.24) is 15.1 Å². The second kappa shape index (κ2) is 7.94. The summed E-state index contributed by atoms with van der Waals surface area (Å²) in [6.07, 6.45) is 2.07. The van der Waals surface area contributed by atoms with Crippen LogP contribution in [0.3, 0.4) is 0 Å². The van der Waals surface area contributed by atoms with Crippen LogP contribution in [0.25, 0.3) is 0 Å². The summed E-state index contributed by atoms with van der Waals surface area (Å²) < 4.78 is 18.8. The van der Waals surface area contributed by atoms with Gasteiger partial charge in [0.05, 0.1) is 13.0 Å². The number of hydrogen-bond donors (Lipinski definition) is 1. The lowest BCUT2D eigenvalue weighted by Gasteiger charge is -2.37. The van der Waals surface area contributed by atoms with Gasteiger partial charge in [0.25, 0.3) is 0 Å². The zero-order valence-electron chi connectivity index (χ0n) is 14.3. The highest BCUT2D eigenvalue weighted by molar-refractivity contribution is 5.79. The number of nitrogens with zero attached hydrogens (tertiary/aromatic N) is 2. The van der Waals surface area contributed by atoms with Crippen LogP contribution in [0, 0.1) is 11.7 Å². The zero-order valence-corrected chi connectivity index (χ0v) is 14.3. The van der Waals surface area contributed by atoms with Gasteiger partial charge in [-0.05, 0) is 37.6 Å². The number of rotatable bonds is 4. The van der Waals surface area contributed by atoms with Crippen LogP contribution in [-0.2, 0) is 11.3 Å². The average Bonchev–Trinajstić information content (AvgIpc) is 2.63. The minimum absolute atomic E-state index is 0.133. The fourth-order valence-corrected chi connectivity index (χ4v) is 3.56. The van der Waals surface area contributed by atoms with Crippen LogP contribution in [-0.4, -0.2) is 62.1 Å². The number of piperidine rings is 1. The van der Waals surface area contributed by atoms with Gasteiger partial charge >= 0.3 is 0 Å². The van der Waals surface area contributed by atoms with E-state index in [1.54, 1.807) is 13.2 Å². The van der Waals surface area contributed by atoms with Gasteiger partial charge < -0.3 is 15.0 Å². The van der Waals surface area contributed by atoms with Crippen LogP contribution in [0.15, 0.2) is 18.2 Å². The second-order valence-electron chi connectivity index (χ2n) is 6.60. The number of piperazine rings is 1. The van der Waals surface area contributed by atoms with E-state index < -0.39 is 0 Å². The number of carbonyl (C=O) groups is 1. The van der Waals surface area contributed by atoms with Gasteiger partial charge in [-0.15, -0.1) is 0 Å². The Morgan fingerprint density at radius 1 is 1.33 bits per heavy atom. The molecule has 0 bridgehead atoms. The lowest BCUT2D eigenvalue weighted by Crippen LogP contribution is -2.51. The lowest BCUT2D eigenvalue weighted by molar-refractivity contribution is -0.137. The summed E-state index contributed by atoms with van der Waals surface area (Å²) in [5.74, 6) is 0.881. The summed E-state index contributed by atoms with van der Waals surface area (Å²) in [6.45, 7) is 5.58. The van der Waals surface area contributed by atoms with Crippen LogP contribution in [0.4, 0.5) is 4.39 Å². The van der Waals surface area contributed by atoms with E-state index in [2.05, 4.69) is 10.2 Å². The molecule has 0 aromatic heterocycles. The van der Waals surface area contributed by atoms with Gasteiger partial charge in [-0.25, -0.2) is 4.39 Å². The van der Waals surface area contributed by atoms with Crippen LogP contribution in [0.1, 0.15) is 18.4 Å². The van der Waals surface area contributed by atoms with Gasteiger partial charge in [0, 0.05) is 44.8 Å². The van der Waals surface area contributed by atoms with E-state index in [9.17, 15) is 9.18 Å². The maximum absolute atomic E-state index is 13.5. The minimum atomic E-state index is -0.246.